The largest absolute Gasteiger partial charge is 0.379 e. The second-order valence-corrected chi connectivity index (χ2v) is 8.61. The van der Waals surface area contributed by atoms with Crippen molar-refractivity contribution in [1.82, 2.24) is 15.1 Å². The average molecular weight is 446 g/mol. The molecule has 0 saturated carbocycles. The van der Waals surface area contributed by atoms with Gasteiger partial charge in [0, 0.05) is 39.7 Å². The Balaban J connectivity index is 1.85. The van der Waals surface area contributed by atoms with Crippen LogP contribution in [-0.2, 0) is 25.5 Å². The third-order valence-electron chi connectivity index (χ3n) is 6.37. The number of nitrogens with zero attached hydrogens (tertiary/aromatic N) is 2. The lowest BCUT2D eigenvalue weighted by Gasteiger charge is -2.31. The molecule has 0 radical (unpaired) electrons. The molecule has 32 heavy (non-hydrogen) atoms. The van der Waals surface area contributed by atoms with E-state index in [-0.39, 0.29) is 36.4 Å². The molecule has 1 aliphatic heterocycles. The van der Waals surface area contributed by atoms with E-state index in [4.69, 9.17) is 4.74 Å². The number of nitrogens with one attached hydrogen (secondary N) is 1. The molecule has 178 valence electrons. The Bertz CT molecular complexity index is 712. The van der Waals surface area contributed by atoms with Crippen LogP contribution in [0.5, 0.6) is 0 Å². The number of carbonyl (C=O) groups is 3. The fourth-order valence-corrected chi connectivity index (χ4v) is 4.52. The van der Waals surface area contributed by atoms with Gasteiger partial charge in [0.25, 0.3) is 0 Å². The highest BCUT2D eigenvalue weighted by Crippen LogP contribution is 2.25. The van der Waals surface area contributed by atoms with Crippen LogP contribution >= 0.6 is 0 Å². The Morgan fingerprint density at radius 1 is 1.28 bits per heavy atom. The maximum atomic E-state index is 13.0. The van der Waals surface area contributed by atoms with Gasteiger partial charge in [0.05, 0.1) is 18.6 Å². The third kappa shape index (κ3) is 7.93. The van der Waals surface area contributed by atoms with Gasteiger partial charge in [-0.05, 0) is 37.7 Å². The van der Waals surface area contributed by atoms with E-state index in [0.29, 0.717) is 25.9 Å². The maximum Gasteiger partial charge on any atom is 0.222 e. The molecule has 0 spiro atoms. The molecule has 0 bridgehead atoms. The first-order valence-electron chi connectivity index (χ1n) is 11.8. The molecule has 3 amide bonds. The lowest BCUT2D eigenvalue weighted by atomic mass is 10.0. The van der Waals surface area contributed by atoms with Gasteiger partial charge in [-0.1, -0.05) is 43.7 Å². The minimum Gasteiger partial charge on any atom is -0.379 e. The first-order chi connectivity index (χ1) is 15.5. The number of benzene rings is 1. The third-order valence-corrected chi connectivity index (χ3v) is 6.37. The molecule has 2 unspecified atom stereocenters. The van der Waals surface area contributed by atoms with Gasteiger partial charge in [0.2, 0.25) is 18.2 Å². The number of likely N-dealkylation sites (tertiary alicyclic amines) is 1. The summed E-state index contributed by atoms with van der Waals surface area (Å²) in [7, 11) is 3.38. The van der Waals surface area contributed by atoms with Gasteiger partial charge in [-0.25, -0.2) is 0 Å². The summed E-state index contributed by atoms with van der Waals surface area (Å²) in [6.07, 6.45) is 6.21. The van der Waals surface area contributed by atoms with Gasteiger partial charge in [-0.15, -0.1) is 0 Å². The summed E-state index contributed by atoms with van der Waals surface area (Å²) in [6, 6.07) is 10.0. The van der Waals surface area contributed by atoms with Gasteiger partial charge in [-0.2, -0.15) is 0 Å². The SMILES string of the molecule is CCC[C@@H](CCC(=O)N1CCCC1C(CC(=O)NCCc1ccccc1)OC)N(C)C=O. The fourth-order valence-electron chi connectivity index (χ4n) is 4.52. The van der Waals surface area contributed by atoms with E-state index < -0.39 is 0 Å². The van der Waals surface area contributed by atoms with Crippen molar-refractivity contribution >= 4 is 18.2 Å². The highest BCUT2D eigenvalue weighted by atomic mass is 16.5. The van der Waals surface area contributed by atoms with E-state index in [9.17, 15) is 14.4 Å². The van der Waals surface area contributed by atoms with Crippen LogP contribution < -0.4 is 5.32 Å². The molecular formula is C25H39N3O4. The minimum absolute atomic E-state index is 0.0531. The maximum absolute atomic E-state index is 13.0. The lowest BCUT2D eigenvalue weighted by Crippen LogP contribution is -2.46. The molecule has 7 nitrogen and oxygen atoms in total. The summed E-state index contributed by atoms with van der Waals surface area (Å²) >= 11 is 0. The van der Waals surface area contributed by atoms with Crippen LogP contribution in [0, 0.1) is 0 Å². The van der Waals surface area contributed by atoms with E-state index in [1.807, 2.05) is 35.2 Å². The fraction of sp³-hybridized carbons (Fsp3) is 0.640. The summed E-state index contributed by atoms with van der Waals surface area (Å²) in [4.78, 5) is 40.2. The molecule has 0 aromatic heterocycles. The molecular weight excluding hydrogens is 406 g/mol. The summed E-state index contributed by atoms with van der Waals surface area (Å²) < 4.78 is 5.66. The van der Waals surface area contributed by atoms with E-state index >= 15 is 0 Å². The Kier molecular flexibility index (Phi) is 11.2. The summed E-state index contributed by atoms with van der Waals surface area (Å²) in [5, 5.41) is 2.98. The van der Waals surface area contributed by atoms with Gasteiger partial charge >= 0.3 is 0 Å². The molecule has 1 aliphatic rings. The second kappa shape index (κ2) is 13.9. The lowest BCUT2D eigenvalue weighted by molar-refractivity contribution is -0.137. The van der Waals surface area contributed by atoms with Gasteiger partial charge in [0.1, 0.15) is 0 Å². The first kappa shape index (κ1) is 25.8. The number of rotatable bonds is 14. The molecule has 1 heterocycles. The summed E-state index contributed by atoms with van der Waals surface area (Å²) in [5.74, 6) is 0.0298. The smallest absolute Gasteiger partial charge is 0.222 e. The van der Waals surface area contributed by atoms with Crippen LogP contribution in [-0.4, -0.2) is 73.5 Å². The quantitative estimate of drug-likeness (QED) is 0.447. The van der Waals surface area contributed by atoms with Crippen molar-refractivity contribution in [3.05, 3.63) is 35.9 Å². The monoisotopic (exact) mass is 445 g/mol. The van der Waals surface area contributed by atoms with E-state index in [2.05, 4.69) is 12.2 Å². The number of amides is 3. The Labute approximate surface area is 192 Å². The van der Waals surface area contributed by atoms with Crippen LogP contribution in [0.15, 0.2) is 30.3 Å². The molecule has 1 aromatic rings. The average Bonchev–Trinajstić information content (AvgIpc) is 3.30. The molecule has 2 rings (SSSR count). The van der Waals surface area contributed by atoms with Crippen molar-refractivity contribution < 1.29 is 19.1 Å². The van der Waals surface area contributed by atoms with Crippen molar-refractivity contribution in [2.45, 2.75) is 76.5 Å². The van der Waals surface area contributed by atoms with Crippen molar-refractivity contribution in [3.63, 3.8) is 0 Å². The zero-order valence-corrected chi connectivity index (χ0v) is 19.8. The normalized spacial score (nSPS) is 17.6. The van der Waals surface area contributed by atoms with Gasteiger partial charge in [-0.3, -0.25) is 14.4 Å². The van der Waals surface area contributed by atoms with Crippen LogP contribution in [0.1, 0.15) is 57.4 Å². The number of methoxy groups -OCH3 is 1. The van der Waals surface area contributed by atoms with Crippen LogP contribution in [0.4, 0.5) is 0 Å². The van der Waals surface area contributed by atoms with Crippen LogP contribution in [0.2, 0.25) is 0 Å². The molecule has 1 fully saturated rings. The number of hydrogen-bond acceptors (Lipinski definition) is 4. The predicted octanol–water partition coefficient (Wildman–Crippen LogP) is 2.78. The first-order valence-corrected chi connectivity index (χ1v) is 11.8. The molecule has 0 aliphatic carbocycles. The zero-order chi connectivity index (χ0) is 23.3. The highest BCUT2D eigenvalue weighted by Gasteiger charge is 2.36. The highest BCUT2D eigenvalue weighted by molar-refractivity contribution is 5.78. The molecule has 1 saturated heterocycles. The van der Waals surface area contributed by atoms with Crippen molar-refractivity contribution in [2.75, 3.05) is 27.2 Å². The van der Waals surface area contributed by atoms with Crippen LogP contribution in [0.3, 0.4) is 0 Å². The number of ether oxygens (including phenoxy) is 1. The van der Waals surface area contributed by atoms with E-state index in [1.54, 1.807) is 19.1 Å². The zero-order valence-electron chi connectivity index (χ0n) is 19.8. The Morgan fingerprint density at radius 3 is 2.69 bits per heavy atom. The van der Waals surface area contributed by atoms with Crippen LogP contribution in [0.25, 0.3) is 0 Å². The summed E-state index contributed by atoms with van der Waals surface area (Å²) in [5.41, 5.74) is 1.19. The minimum atomic E-state index is -0.317. The van der Waals surface area contributed by atoms with Gasteiger partial charge in [0.15, 0.2) is 0 Å². The molecule has 1 aromatic carbocycles. The van der Waals surface area contributed by atoms with E-state index in [1.165, 1.54) is 5.56 Å². The summed E-state index contributed by atoms with van der Waals surface area (Å²) in [6.45, 7) is 3.36. The standard InChI is InChI=1S/C25H39N3O4/c1-4-9-21(27(2)19-29)13-14-25(31)28-17-8-12-22(28)23(32-3)18-24(30)26-16-15-20-10-6-5-7-11-20/h5-7,10-11,19,21-23H,4,8-9,12-18H2,1-3H3,(H,26,30)/t21-,22?,23?/m0/s1. The van der Waals surface area contributed by atoms with Crippen molar-refractivity contribution in [3.8, 4) is 0 Å². The Morgan fingerprint density at radius 2 is 2.03 bits per heavy atom. The van der Waals surface area contributed by atoms with E-state index in [0.717, 1.165) is 38.5 Å². The van der Waals surface area contributed by atoms with Gasteiger partial charge < -0.3 is 19.9 Å². The van der Waals surface area contributed by atoms with Crippen molar-refractivity contribution in [2.24, 2.45) is 0 Å². The Hall–Kier alpha value is -2.41. The number of hydrogen-bond donors (Lipinski definition) is 1. The number of carbonyl (C=O) groups excluding carboxylic acids is 3. The predicted molar refractivity (Wildman–Crippen MR) is 125 cm³/mol. The molecule has 1 N–H and O–H groups in total. The topological polar surface area (TPSA) is 79.0 Å². The molecule has 3 atom stereocenters. The second-order valence-electron chi connectivity index (χ2n) is 8.61. The molecule has 7 heteroatoms. The van der Waals surface area contributed by atoms with Crippen molar-refractivity contribution in [1.29, 1.82) is 0 Å².